The van der Waals surface area contributed by atoms with Gasteiger partial charge in [-0.2, -0.15) is 0 Å². The molecular weight excluding hydrogens is 286 g/mol. The number of pyridine rings is 1. The monoisotopic (exact) mass is 305 g/mol. The van der Waals surface area contributed by atoms with Crippen molar-refractivity contribution in [3.05, 3.63) is 30.1 Å². The van der Waals surface area contributed by atoms with Gasteiger partial charge in [0.1, 0.15) is 0 Å². The molecule has 0 aromatic carbocycles. The van der Waals surface area contributed by atoms with E-state index in [0.29, 0.717) is 0 Å². The van der Waals surface area contributed by atoms with Gasteiger partial charge in [-0.15, -0.1) is 10.2 Å². The average Bonchev–Trinajstić information content (AvgIpc) is 2.90. The van der Waals surface area contributed by atoms with Crippen LogP contribution in [0.5, 0.6) is 0 Å². The van der Waals surface area contributed by atoms with Crippen LogP contribution >= 0.6 is 11.8 Å². The number of morpholine rings is 1. The molecule has 2 aromatic heterocycles. The van der Waals surface area contributed by atoms with E-state index in [2.05, 4.69) is 30.7 Å². The number of hydrogen-bond donors (Lipinski definition) is 0. The maximum Gasteiger partial charge on any atom is 0.227 e. The van der Waals surface area contributed by atoms with Crippen molar-refractivity contribution in [2.45, 2.75) is 11.6 Å². The van der Waals surface area contributed by atoms with Gasteiger partial charge in [0.2, 0.25) is 5.95 Å². The van der Waals surface area contributed by atoms with Crippen molar-refractivity contribution >= 4 is 17.7 Å². The van der Waals surface area contributed by atoms with Crippen LogP contribution in [0.4, 0.5) is 5.95 Å². The molecule has 1 aliphatic heterocycles. The highest BCUT2D eigenvalue weighted by Crippen LogP contribution is 2.21. The third-order valence-electron chi connectivity index (χ3n) is 3.42. The first-order valence-corrected chi connectivity index (χ1v) is 8.08. The fourth-order valence-corrected chi connectivity index (χ4v) is 3.13. The smallest absolute Gasteiger partial charge is 0.227 e. The minimum absolute atomic E-state index is 0.759. The molecular formula is C14H19N5OS. The average molecular weight is 305 g/mol. The van der Waals surface area contributed by atoms with E-state index in [-0.39, 0.29) is 0 Å². The summed E-state index contributed by atoms with van der Waals surface area (Å²) >= 11 is 1.72. The van der Waals surface area contributed by atoms with Crippen LogP contribution in [0.3, 0.4) is 0 Å². The van der Waals surface area contributed by atoms with Crippen LogP contribution in [0.15, 0.2) is 29.6 Å². The molecule has 1 saturated heterocycles. The van der Waals surface area contributed by atoms with Gasteiger partial charge in [-0.05, 0) is 18.6 Å². The van der Waals surface area contributed by atoms with Crippen LogP contribution in [0.2, 0.25) is 0 Å². The first kappa shape index (κ1) is 14.3. The Hall–Kier alpha value is -1.60. The lowest BCUT2D eigenvalue weighted by atomic mass is 10.3. The largest absolute Gasteiger partial charge is 0.378 e. The molecule has 0 bridgehead atoms. The van der Waals surface area contributed by atoms with Crippen molar-refractivity contribution in [1.82, 2.24) is 19.7 Å². The third-order valence-corrected chi connectivity index (χ3v) is 4.44. The minimum atomic E-state index is 0.759. The third kappa shape index (κ3) is 3.54. The fraction of sp³-hybridized carbons (Fsp3) is 0.500. The van der Waals surface area contributed by atoms with Crippen LogP contribution in [0.1, 0.15) is 5.69 Å². The Balaban J connectivity index is 1.57. The minimum Gasteiger partial charge on any atom is -0.378 e. The van der Waals surface area contributed by atoms with E-state index in [9.17, 15) is 0 Å². The molecule has 0 atom stereocenters. The predicted octanol–water partition coefficient (Wildman–Crippen LogP) is 1.38. The summed E-state index contributed by atoms with van der Waals surface area (Å²) in [5.41, 5.74) is 1.11. The Labute approximate surface area is 128 Å². The summed E-state index contributed by atoms with van der Waals surface area (Å²) in [6.45, 7) is 3.28. The Bertz CT molecular complexity index is 568. The number of hydrogen-bond acceptors (Lipinski definition) is 6. The van der Waals surface area contributed by atoms with Gasteiger partial charge in [0, 0.05) is 37.8 Å². The lowest BCUT2D eigenvalue weighted by molar-refractivity contribution is 0.121. The summed E-state index contributed by atoms with van der Waals surface area (Å²) in [4.78, 5) is 6.55. The fourth-order valence-electron chi connectivity index (χ4n) is 2.26. The highest BCUT2D eigenvalue weighted by molar-refractivity contribution is 7.99. The first-order chi connectivity index (χ1) is 10.3. The van der Waals surface area contributed by atoms with Crippen molar-refractivity contribution in [1.29, 1.82) is 0 Å². The molecule has 21 heavy (non-hydrogen) atoms. The van der Waals surface area contributed by atoms with E-state index in [0.717, 1.165) is 55.3 Å². The van der Waals surface area contributed by atoms with Crippen LogP contribution in [0, 0.1) is 0 Å². The Kier molecular flexibility index (Phi) is 4.72. The van der Waals surface area contributed by atoms with Crippen molar-refractivity contribution < 1.29 is 4.74 Å². The summed E-state index contributed by atoms with van der Waals surface area (Å²) in [6, 6.07) is 6.01. The second-order valence-electron chi connectivity index (χ2n) is 4.86. The van der Waals surface area contributed by atoms with E-state index in [1.165, 1.54) is 0 Å². The molecule has 0 spiro atoms. The van der Waals surface area contributed by atoms with Gasteiger partial charge in [-0.3, -0.25) is 9.55 Å². The second-order valence-corrected chi connectivity index (χ2v) is 5.92. The number of nitrogens with zero attached hydrogens (tertiary/aromatic N) is 5. The van der Waals surface area contributed by atoms with Crippen molar-refractivity contribution in [3.8, 4) is 0 Å². The molecule has 0 saturated carbocycles. The zero-order chi connectivity index (χ0) is 14.5. The molecule has 3 rings (SSSR count). The SMILES string of the molecule is Cn1c(SCCc2ccccn2)nnc1N1CCOCC1. The number of anilines is 1. The Morgan fingerprint density at radius 2 is 2.10 bits per heavy atom. The number of aromatic nitrogens is 4. The maximum atomic E-state index is 5.37. The maximum absolute atomic E-state index is 5.37. The molecule has 1 aliphatic rings. The molecule has 2 aromatic rings. The lowest BCUT2D eigenvalue weighted by Gasteiger charge is -2.27. The molecule has 7 heteroatoms. The topological polar surface area (TPSA) is 56.1 Å². The number of ether oxygens (including phenoxy) is 1. The quantitative estimate of drug-likeness (QED) is 0.778. The summed E-state index contributed by atoms with van der Waals surface area (Å²) < 4.78 is 7.43. The standard InChI is InChI=1S/C14H19N5OS/c1-18-13(19-7-9-20-10-8-19)16-17-14(18)21-11-5-12-4-2-3-6-15-12/h2-4,6H,5,7-11H2,1H3. The van der Waals surface area contributed by atoms with E-state index >= 15 is 0 Å². The molecule has 0 aliphatic carbocycles. The molecule has 3 heterocycles. The van der Waals surface area contributed by atoms with Crippen molar-refractivity contribution in [3.63, 3.8) is 0 Å². The zero-order valence-electron chi connectivity index (χ0n) is 12.1. The normalized spacial score (nSPS) is 15.4. The molecule has 0 radical (unpaired) electrons. The number of thioether (sulfide) groups is 1. The molecule has 112 valence electrons. The Morgan fingerprint density at radius 1 is 1.24 bits per heavy atom. The van der Waals surface area contributed by atoms with E-state index in [4.69, 9.17) is 4.74 Å². The van der Waals surface area contributed by atoms with Gasteiger partial charge in [-0.25, -0.2) is 0 Å². The highest BCUT2D eigenvalue weighted by atomic mass is 32.2. The summed E-state index contributed by atoms with van der Waals surface area (Å²) in [6.07, 6.45) is 2.77. The van der Waals surface area contributed by atoms with E-state index in [1.54, 1.807) is 11.8 Å². The van der Waals surface area contributed by atoms with Crippen molar-refractivity contribution in [2.24, 2.45) is 7.05 Å². The zero-order valence-corrected chi connectivity index (χ0v) is 12.9. The van der Waals surface area contributed by atoms with Gasteiger partial charge in [0.15, 0.2) is 5.16 Å². The Morgan fingerprint density at radius 3 is 2.86 bits per heavy atom. The summed E-state index contributed by atoms with van der Waals surface area (Å²) in [5.74, 6) is 1.88. The van der Waals surface area contributed by atoms with Crippen LogP contribution in [0.25, 0.3) is 0 Å². The van der Waals surface area contributed by atoms with E-state index in [1.807, 2.05) is 25.4 Å². The van der Waals surface area contributed by atoms with Gasteiger partial charge in [0.05, 0.1) is 13.2 Å². The second kappa shape index (κ2) is 6.91. The lowest BCUT2D eigenvalue weighted by Crippen LogP contribution is -2.37. The summed E-state index contributed by atoms with van der Waals surface area (Å²) in [7, 11) is 2.02. The van der Waals surface area contributed by atoms with Gasteiger partial charge < -0.3 is 9.64 Å². The molecule has 0 N–H and O–H groups in total. The number of aryl methyl sites for hydroxylation is 1. The highest BCUT2D eigenvalue weighted by Gasteiger charge is 2.18. The van der Waals surface area contributed by atoms with E-state index < -0.39 is 0 Å². The predicted molar refractivity (Wildman–Crippen MR) is 82.7 cm³/mol. The molecule has 1 fully saturated rings. The van der Waals surface area contributed by atoms with Crippen LogP contribution < -0.4 is 4.90 Å². The van der Waals surface area contributed by atoms with Crippen LogP contribution in [-0.4, -0.2) is 51.8 Å². The van der Waals surface area contributed by atoms with Gasteiger partial charge in [0.25, 0.3) is 0 Å². The molecule has 6 nitrogen and oxygen atoms in total. The van der Waals surface area contributed by atoms with Gasteiger partial charge >= 0.3 is 0 Å². The van der Waals surface area contributed by atoms with Crippen molar-refractivity contribution in [2.75, 3.05) is 37.0 Å². The number of rotatable bonds is 5. The molecule has 0 unspecified atom stereocenters. The molecule has 0 amide bonds. The van der Waals surface area contributed by atoms with Gasteiger partial charge in [-0.1, -0.05) is 17.8 Å². The first-order valence-electron chi connectivity index (χ1n) is 7.09. The summed E-state index contributed by atoms with van der Waals surface area (Å²) in [5, 5.41) is 9.56. The van der Waals surface area contributed by atoms with Crippen LogP contribution in [-0.2, 0) is 18.2 Å².